The van der Waals surface area contributed by atoms with Crippen LogP contribution in [-0.4, -0.2) is 76.8 Å². The number of piperidine rings is 1. The minimum Gasteiger partial charge on any atom is -0.465 e. The van der Waals surface area contributed by atoms with Crippen LogP contribution in [0.3, 0.4) is 0 Å². The molecule has 0 aromatic heterocycles. The summed E-state index contributed by atoms with van der Waals surface area (Å²) >= 11 is 0. The summed E-state index contributed by atoms with van der Waals surface area (Å²) in [6, 6.07) is 7.79. The fourth-order valence-corrected chi connectivity index (χ4v) is 4.42. The first kappa shape index (κ1) is 26.0. The minimum atomic E-state index is -4.17. The second-order valence-corrected chi connectivity index (χ2v) is 10.3. The van der Waals surface area contributed by atoms with Gasteiger partial charge in [-0.3, -0.25) is 14.2 Å². The first-order valence-corrected chi connectivity index (χ1v) is 12.0. The highest BCUT2D eigenvalue weighted by Crippen LogP contribution is 2.36. The van der Waals surface area contributed by atoms with Crippen LogP contribution in [-0.2, 0) is 20.5 Å². The Hall–Kier alpha value is -2.21. The number of hydrogen-bond acceptors (Lipinski definition) is 5. The molecule has 180 valence electrons. The van der Waals surface area contributed by atoms with Gasteiger partial charge in [-0.05, 0) is 35.3 Å². The standard InChI is InChI=1S/C21H30N2O4.H3NO3S/c1-21(2,3)17-7-5-4-6-16(17)14-8-10-22(11-9-14)19(25)18-12-15(24)13-23(18)20(26)27;1-5(2,3)4/h4-7,14-15,18,24H,8-13H2,1-3H3,(H,26,27);(H3,1,2,3,4)/t15-,18-;/m1./s1. The lowest BCUT2D eigenvalue weighted by molar-refractivity contribution is -0.136. The number of aliphatic hydroxyl groups excluding tert-OH is 1. The van der Waals surface area contributed by atoms with Gasteiger partial charge >= 0.3 is 16.4 Å². The molecule has 2 saturated heterocycles. The van der Waals surface area contributed by atoms with Gasteiger partial charge in [0.05, 0.1) is 12.6 Å². The Kier molecular flexibility index (Phi) is 8.27. The molecule has 2 atom stereocenters. The lowest BCUT2D eigenvalue weighted by atomic mass is 9.77. The van der Waals surface area contributed by atoms with E-state index in [1.54, 1.807) is 4.90 Å². The maximum atomic E-state index is 12.8. The van der Waals surface area contributed by atoms with E-state index < -0.39 is 28.5 Å². The van der Waals surface area contributed by atoms with Crippen molar-refractivity contribution in [3.63, 3.8) is 0 Å². The molecule has 0 saturated carbocycles. The fraction of sp³-hybridized carbons (Fsp3) is 0.619. The van der Waals surface area contributed by atoms with E-state index in [2.05, 4.69) is 50.2 Å². The predicted molar refractivity (Wildman–Crippen MR) is 119 cm³/mol. The van der Waals surface area contributed by atoms with Crippen LogP contribution in [0.4, 0.5) is 4.79 Å². The largest absolute Gasteiger partial charge is 0.465 e. The highest BCUT2D eigenvalue weighted by Gasteiger charge is 2.41. The molecule has 11 heteroatoms. The van der Waals surface area contributed by atoms with E-state index in [9.17, 15) is 19.8 Å². The first-order valence-electron chi connectivity index (χ1n) is 10.5. The molecule has 32 heavy (non-hydrogen) atoms. The summed E-state index contributed by atoms with van der Waals surface area (Å²) in [7, 11) is -4.17. The number of likely N-dealkylation sites (tertiary alicyclic amines) is 2. The number of amides is 2. The van der Waals surface area contributed by atoms with Crippen molar-refractivity contribution in [1.29, 1.82) is 0 Å². The molecule has 10 nitrogen and oxygen atoms in total. The lowest BCUT2D eigenvalue weighted by Gasteiger charge is -2.36. The van der Waals surface area contributed by atoms with E-state index in [1.807, 2.05) is 0 Å². The third-order valence-corrected chi connectivity index (χ3v) is 5.83. The van der Waals surface area contributed by atoms with Crippen LogP contribution in [0.2, 0.25) is 0 Å². The molecule has 1 aromatic carbocycles. The number of carbonyl (C=O) groups is 2. The fourth-order valence-electron chi connectivity index (χ4n) is 4.42. The highest BCUT2D eigenvalue weighted by atomic mass is 32.2. The number of aliphatic hydroxyl groups is 1. The van der Waals surface area contributed by atoms with Crippen molar-refractivity contribution in [1.82, 2.24) is 9.80 Å². The second kappa shape index (κ2) is 10.2. The molecule has 2 heterocycles. The third kappa shape index (κ3) is 7.16. The number of carboxylic acid groups (broad SMARTS) is 1. The number of benzene rings is 1. The molecule has 2 aliphatic heterocycles. The molecule has 2 fully saturated rings. The number of β-amino-alcohol motifs (C(OH)–C–C–N with tert-alkyl or cyclic N) is 1. The van der Waals surface area contributed by atoms with Gasteiger partial charge in [0.2, 0.25) is 5.91 Å². The van der Waals surface area contributed by atoms with E-state index in [0.29, 0.717) is 19.0 Å². The van der Waals surface area contributed by atoms with Crippen LogP contribution in [0.1, 0.15) is 57.1 Å². The van der Waals surface area contributed by atoms with Crippen molar-refractivity contribution in [3.05, 3.63) is 35.4 Å². The van der Waals surface area contributed by atoms with Gasteiger partial charge in [-0.1, -0.05) is 45.0 Å². The van der Waals surface area contributed by atoms with Crippen molar-refractivity contribution in [2.45, 2.75) is 63.5 Å². The number of hydrogen-bond donors (Lipinski definition) is 4. The van der Waals surface area contributed by atoms with Crippen LogP contribution in [0, 0.1) is 0 Å². The molecule has 0 radical (unpaired) electrons. The summed E-state index contributed by atoms with van der Waals surface area (Å²) in [4.78, 5) is 27.0. The zero-order chi connectivity index (χ0) is 24.3. The Bertz CT molecular complexity index is 914. The molecule has 0 bridgehead atoms. The lowest BCUT2D eigenvalue weighted by Crippen LogP contribution is -2.49. The van der Waals surface area contributed by atoms with E-state index in [0.717, 1.165) is 17.7 Å². The zero-order valence-corrected chi connectivity index (χ0v) is 19.5. The summed E-state index contributed by atoms with van der Waals surface area (Å²) < 4.78 is 25.2. The van der Waals surface area contributed by atoms with Gasteiger partial charge in [-0.15, -0.1) is 0 Å². The van der Waals surface area contributed by atoms with Crippen molar-refractivity contribution in [3.8, 4) is 0 Å². The molecule has 1 aromatic rings. The van der Waals surface area contributed by atoms with Gasteiger partial charge in [-0.25, -0.2) is 9.93 Å². The number of carbonyl (C=O) groups excluding carboxylic acids is 1. The number of nitrogens with two attached hydrogens (primary N) is 1. The monoisotopic (exact) mass is 471 g/mol. The molecular weight excluding hydrogens is 438 g/mol. The van der Waals surface area contributed by atoms with Crippen LogP contribution in [0.15, 0.2) is 24.3 Å². The van der Waals surface area contributed by atoms with Crippen LogP contribution in [0.5, 0.6) is 0 Å². The van der Waals surface area contributed by atoms with Gasteiger partial charge in [-0.2, -0.15) is 8.42 Å². The summed E-state index contributed by atoms with van der Waals surface area (Å²) in [5.74, 6) is 0.241. The van der Waals surface area contributed by atoms with E-state index >= 15 is 0 Å². The summed E-state index contributed by atoms with van der Waals surface area (Å²) in [5, 5.41) is 23.0. The molecule has 5 N–H and O–H groups in total. The average molecular weight is 472 g/mol. The van der Waals surface area contributed by atoms with Crippen LogP contribution < -0.4 is 5.14 Å². The molecule has 2 aliphatic rings. The molecule has 0 spiro atoms. The Morgan fingerprint density at radius 1 is 1.12 bits per heavy atom. The maximum Gasteiger partial charge on any atom is 0.408 e. The Morgan fingerprint density at radius 3 is 2.16 bits per heavy atom. The molecule has 0 aliphatic carbocycles. The second-order valence-electron chi connectivity index (χ2n) is 9.29. The van der Waals surface area contributed by atoms with Crippen molar-refractivity contribution in [2.75, 3.05) is 19.6 Å². The van der Waals surface area contributed by atoms with E-state index in [4.69, 9.17) is 13.0 Å². The van der Waals surface area contributed by atoms with Gasteiger partial charge in [0.1, 0.15) is 6.04 Å². The number of rotatable bonds is 2. The van der Waals surface area contributed by atoms with Gasteiger partial charge in [0.15, 0.2) is 0 Å². The molecule has 3 rings (SSSR count). The smallest absolute Gasteiger partial charge is 0.408 e. The van der Waals surface area contributed by atoms with Crippen molar-refractivity contribution in [2.24, 2.45) is 5.14 Å². The number of nitrogens with zero attached hydrogens (tertiary/aromatic N) is 2. The SMILES string of the molecule is CC(C)(C)c1ccccc1C1CCN(C(=O)[C@H]2C[C@@H](O)CN2C(=O)O)CC1.NS(=O)(=O)O. The van der Waals surface area contributed by atoms with Crippen molar-refractivity contribution >= 4 is 22.3 Å². The quantitative estimate of drug-likeness (QED) is 0.476. The third-order valence-electron chi connectivity index (χ3n) is 5.83. The average Bonchev–Trinajstić information content (AvgIpc) is 3.08. The topological polar surface area (TPSA) is 161 Å². The zero-order valence-electron chi connectivity index (χ0n) is 18.6. The highest BCUT2D eigenvalue weighted by molar-refractivity contribution is 7.83. The summed E-state index contributed by atoms with van der Waals surface area (Å²) in [5.41, 5.74) is 2.79. The summed E-state index contributed by atoms with van der Waals surface area (Å²) in [6.45, 7) is 7.92. The summed E-state index contributed by atoms with van der Waals surface area (Å²) in [6.07, 6.45) is 0.0467. The van der Waals surface area contributed by atoms with Gasteiger partial charge < -0.3 is 15.1 Å². The van der Waals surface area contributed by atoms with Crippen molar-refractivity contribution < 1.29 is 32.8 Å². The Balaban J connectivity index is 0.000000654. The molecule has 0 unspecified atom stereocenters. The van der Waals surface area contributed by atoms with Gasteiger partial charge in [0.25, 0.3) is 0 Å². The Morgan fingerprint density at radius 2 is 1.66 bits per heavy atom. The van der Waals surface area contributed by atoms with Gasteiger partial charge in [0, 0.05) is 19.5 Å². The normalized spacial score (nSPS) is 22.3. The first-order chi connectivity index (χ1) is 14.7. The van der Waals surface area contributed by atoms with E-state index in [-0.39, 0.29) is 24.3 Å². The Labute approximate surface area is 188 Å². The molecule has 2 amide bonds. The molecular formula is C21H33N3O7S. The van der Waals surface area contributed by atoms with E-state index in [1.165, 1.54) is 11.1 Å². The minimum absolute atomic E-state index is 0.0150. The maximum absolute atomic E-state index is 12.8. The van der Waals surface area contributed by atoms with Crippen LogP contribution >= 0.6 is 0 Å². The van der Waals surface area contributed by atoms with Crippen LogP contribution in [0.25, 0.3) is 0 Å². The predicted octanol–water partition coefficient (Wildman–Crippen LogP) is 1.55.